The first-order valence-corrected chi connectivity index (χ1v) is 7.65. The van der Waals surface area contributed by atoms with E-state index in [0.717, 1.165) is 28.7 Å². The van der Waals surface area contributed by atoms with Crippen LogP contribution in [0.3, 0.4) is 0 Å². The van der Waals surface area contributed by atoms with Gasteiger partial charge in [-0.25, -0.2) is 0 Å². The van der Waals surface area contributed by atoms with E-state index in [-0.39, 0.29) is 0 Å². The molecular weight excluding hydrogens is 288 g/mol. The lowest BCUT2D eigenvalue weighted by Gasteiger charge is -2.30. The number of benzene rings is 1. The van der Waals surface area contributed by atoms with Gasteiger partial charge in [0.05, 0.1) is 11.3 Å². The highest BCUT2D eigenvalue weighted by molar-refractivity contribution is 9.08. The highest BCUT2D eigenvalue weighted by atomic mass is 79.9. The monoisotopic (exact) mass is 306 g/mol. The third kappa shape index (κ3) is 2.54. The van der Waals surface area contributed by atoms with E-state index in [1.165, 1.54) is 12.8 Å². The number of alkyl halides is 1. The van der Waals surface area contributed by atoms with Crippen molar-refractivity contribution in [3.8, 4) is 6.07 Å². The zero-order chi connectivity index (χ0) is 13.1. The van der Waals surface area contributed by atoms with Crippen LogP contribution in [0.25, 0.3) is 0 Å². The van der Waals surface area contributed by atoms with Crippen molar-refractivity contribution in [2.24, 2.45) is 5.92 Å². The maximum Gasteiger partial charge on any atom is 0.101 e. The summed E-state index contributed by atoms with van der Waals surface area (Å²) in [5, 5.41) is 10.1. The van der Waals surface area contributed by atoms with Crippen molar-refractivity contribution in [3.63, 3.8) is 0 Å². The van der Waals surface area contributed by atoms with Crippen molar-refractivity contribution in [2.45, 2.75) is 38.1 Å². The number of hydrogen-bond donors (Lipinski definition) is 0. The molecule has 1 aliphatic heterocycles. The Morgan fingerprint density at radius 1 is 1.50 bits per heavy atom. The number of nitrogens with zero attached hydrogens (tertiary/aromatic N) is 2. The van der Waals surface area contributed by atoms with Crippen LogP contribution in [0.4, 0.5) is 5.69 Å². The number of anilines is 1. The fourth-order valence-corrected chi connectivity index (χ4v) is 3.14. The molecule has 0 bridgehead atoms. The third-order valence-corrected chi connectivity index (χ3v) is 4.36. The molecule has 2 rings (SSSR count). The highest BCUT2D eigenvalue weighted by Crippen LogP contribution is 2.32. The second-order valence-corrected chi connectivity index (χ2v) is 5.80. The summed E-state index contributed by atoms with van der Waals surface area (Å²) in [4.78, 5) is 2.42. The Kier molecular flexibility index (Phi) is 4.29. The van der Waals surface area contributed by atoms with Crippen LogP contribution in [0, 0.1) is 17.2 Å². The molecule has 1 aromatic rings. The maximum absolute atomic E-state index is 9.33. The van der Waals surface area contributed by atoms with Crippen LogP contribution in [0.5, 0.6) is 0 Å². The van der Waals surface area contributed by atoms with Crippen LogP contribution in [-0.2, 0) is 5.33 Å². The molecule has 0 amide bonds. The normalized spacial score (nSPS) is 19.3. The molecule has 0 radical (unpaired) electrons. The Balaban J connectivity index is 2.36. The summed E-state index contributed by atoms with van der Waals surface area (Å²) < 4.78 is 0. The number of halogens is 1. The van der Waals surface area contributed by atoms with Crippen LogP contribution in [-0.4, -0.2) is 12.6 Å². The SMILES string of the molecule is CC(C)C1CCCN1c1ccc(CBr)cc1C#N. The summed E-state index contributed by atoms with van der Waals surface area (Å²) in [7, 11) is 0. The lowest BCUT2D eigenvalue weighted by atomic mass is 10.0. The largest absolute Gasteiger partial charge is 0.367 e. The first-order chi connectivity index (χ1) is 8.67. The van der Waals surface area contributed by atoms with Crippen molar-refractivity contribution < 1.29 is 0 Å². The van der Waals surface area contributed by atoms with E-state index in [1.807, 2.05) is 6.07 Å². The molecule has 18 heavy (non-hydrogen) atoms. The molecule has 1 atom stereocenters. The molecule has 1 aromatic carbocycles. The standard InChI is InChI=1S/C15H19BrN2/c1-11(2)14-4-3-7-18(14)15-6-5-12(9-16)8-13(15)10-17/h5-6,8,11,14H,3-4,7,9H2,1-2H3. The van der Waals surface area contributed by atoms with E-state index in [9.17, 15) is 5.26 Å². The fourth-order valence-electron chi connectivity index (χ4n) is 2.79. The molecule has 2 nitrogen and oxygen atoms in total. The summed E-state index contributed by atoms with van der Waals surface area (Å²) in [5.41, 5.74) is 3.08. The predicted molar refractivity (Wildman–Crippen MR) is 79.0 cm³/mol. The molecule has 0 N–H and O–H groups in total. The van der Waals surface area contributed by atoms with Crippen LogP contribution >= 0.6 is 15.9 Å². The van der Waals surface area contributed by atoms with Gasteiger partial charge in [-0.1, -0.05) is 35.8 Å². The van der Waals surface area contributed by atoms with Gasteiger partial charge in [0, 0.05) is 17.9 Å². The van der Waals surface area contributed by atoms with Crippen molar-refractivity contribution in [3.05, 3.63) is 29.3 Å². The lowest BCUT2D eigenvalue weighted by molar-refractivity contribution is 0.492. The first kappa shape index (κ1) is 13.4. The Morgan fingerprint density at radius 2 is 2.28 bits per heavy atom. The fraction of sp³-hybridized carbons (Fsp3) is 0.533. The van der Waals surface area contributed by atoms with E-state index >= 15 is 0 Å². The lowest BCUT2D eigenvalue weighted by Crippen LogP contribution is -2.33. The van der Waals surface area contributed by atoms with Gasteiger partial charge in [0.15, 0.2) is 0 Å². The summed E-state index contributed by atoms with van der Waals surface area (Å²) in [6.45, 7) is 5.61. The van der Waals surface area contributed by atoms with Gasteiger partial charge in [0.25, 0.3) is 0 Å². The van der Waals surface area contributed by atoms with Gasteiger partial charge in [-0.05, 0) is 36.5 Å². The average Bonchev–Trinajstić information content (AvgIpc) is 2.87. The Hall–Kier alpha value is -1.01. The van der Waals surface area contributed by atoms with Gasteiger partial charge in [-0.15, -0.1) is 0 Å². The van der Waals surface area contributed by atoms with E-state index in [4.69, 9.17) is 0 Å². The quantitative estimate of drug-likeness (QED) is 0.787. The molecule has 1 aliphatic rings. The molecule has 1 fully saturated rings. The number of nitriles is 1. The van der Waals surface area contributed by atoms with E-state index in [1.54, 1.807) is 0 Å². The topological polar surface area (TPSA) is 27.0 Å². The maximum atomic E-state index is 9.33. The van der Waals surface area contributed by atoms with Crippen molar-refractivity contribution >= 4 is 21.6 Å². The van der Waals surface area contributed by atoms with Gasteiger partial charge < -0.3 is 4.90 Å². The molecule has 1 heterocycles. The van der Waals surface area contributed by atoms with Crippen molar-refractivity contribution in [2.75, 3.05) is 11.4 Å². The predicted octanol–water partition coefficient (Wildman–Crippen LogP) is 4.08. The van der Waals surface area contributed by atoms with Crippen LogP contribution in [0.2, 0.25) is 0 Å². The Morgan fingerprint density at radius 3 is 2.89 bits per heavy atom. The van der Waals surface area contributed by atoms with Crippen LogP contribution in [0.1, 0.15) is 37.8 Å². The Bertz CT molecular complexity index is 462. The highest BCUT2D eigenvalue weighted by Gasteiger charge is 2.28. The second-order valence-electron chi connectivity index (χ2n) is 5.24. The minimum absolute atomic E-state index is 0.576. The van der Waals surface area contributed by atoms with Crippen molar-refractivity contribution in [1.29, 1.82) is 5.26 Å². The summed E-state index contributed by atoms with van der Waals surface area (Å²) in [5.74, 6) is 0.634. The van der Waals surface area contributed by atoms with Gasteiger partial charge in [0.1, 0.15) is 6.07 Å². The zero-order valence-corrected chi connectivity index (χ0v) is 12.6. The number of hydrogen-bond acceptors (Lipinski definition) is 2. The van der Waals surface area contributed by atoms with Crippen LogP contribution in [0.15, 0.2) is 18.2 Å². The minimum atomic E-state index is 0.576. The number of rotatable bonds is 3. The summed E-state index contributed by atoms with van der Waals surface area (Å²) >= 11 is 3.44. The third-order valence-electron chi connectivity index (χ3n) is 3.71. The van der Waals surface area contributed by atoms with E-state index < -0.39 is 0 Å². The van der Waals surface area contributed by atoms with Crippen LogP contribution < -0.4 is 4.90 Å². The smallest absolute Gasteiger partial charge is 0.101 e. The Labute approximate surface area is 118 Å². The average molecular weight is 307 g/mol. The van der Waals surface area contributed by atoms with E-state index in [2.05, 4.69) is 52.9 Å². The summed E-state index contributed by atoms with van der Waals surface area (Å²) in [6, 6.07) is 9.14. The molecule has 0 spiro atoms. The van der Waals surface area contributed by atoms with Gasteiger partial charge >= 0.3 is 0 Å². The van der Waals surface area contributed by atoms with Gasteiger partial charge in [0.2, 0.25) is 0 Å². The molecule has 1 unspecified atom stereocenters. The molecule has 0 saturated carbocycles. The second kappa shape index (κ2) is 5.75. The molecule has 0 aromatic heterocycles. The molecule has 0 aliphatic carbocycles. The molecule has 3 heteroatoms. The van der Waals surface area contributed by atoms with Gasteiger partial charge in [-0.3, -0.25) is 0 Å². The molecule has 1 saturated heterocycles. The van der Waals surface area contributed by atoms with Gasteiger partial charge in [-0.2, -0.15) is 5.26 Å². The zero-order valence-electron chi connectivity index (χ0n) is 11.0. The van der Waals surface area contributed by atoms with Crippen molar-refractivity contribution in [1.82, 2.24) is 0 Å². The summed E-state index contributed by atoms with van der Waals surface area (Å²) in [6.07, 6.45) is 2.47. The first-order valence-electron chi connectivity index (χ1n) is 6.53. The molecular formula is C15H19BrN2. The minimum Gasteiger partial charge on any atom is -0.367 e. The molecule has 96 valence electrons. The van der Waals surface area contributed by atoms with E-state index in [0.29, 0.717) is 12.0 Å².